The molecule has 0 N–H and O–H groups in total. The molecule has 6 aromatic rings. The van der Waals surface area contributed by atoms with Gasteiger partial charge in [-0.1, -0.05) is 0 Å². The van der Waals surface area contributed by atoms with Crippen molar-refractivity contribution in [2.24, 2.45) is 0 Å². The number of aryl methyl sites for hydroxylation is 4. The van der Waals surface area contributed by atoms with Gasteiger partial charge in [0.25, 0.3) is 0 Å². The minimum atomic E-state index is -3.18. The predicted molar refractivity (Wildman–Crippen MR) is 224 cm³/mol. The van der Waals surface area contributed by atoms with Crippen LogP contribution in [-0.4, -0.2) is 8.07 Å². The molecule has 1 heterocycles. The molecule has 1 fully saturated rings. The summed E-state index contributed by atoms with van der Waals surface area (Å²) in [7, 11) is -2.00. The van der Waals surface area contributed by atoms with Gasteiger partial charge in [-0.2, -0.15) is 0 Å². The van der Waals surface area contributed by atoms with Gasteiger partial charge in [0.05, 0.1) is 0 Å². The topological polar surface area (TPSA) is 0 Å². The van der Waals surface area contributed by atoms with Crippen LogP contribution in [0.15, 0.2) is 132 Å². The maximum absolute atomic E-state index is 3.18. The second-order valence-electron chi connectivity index (χ2n) is 16.8. The van der Waals surface area contributed by atoms with Crippen LogP contribution in [0.25, 0.3) is 56.7 Å². The Morgan fingerprint density at radius 3 is 1.12 bits per heavy atom. The van der Waals surface area contributed by atoms with Gasteiger partial charge in [0, 0.05) is 0 Å². The van der Waals surface area contributed by atoms with E-state index in [1.807, 2.05) is 0 Å². The molecule has 2 unspecified atom stereocenters. The summed E-state index contributed by atoms with van der Waals surface area (Å²) in [6, 6.07) is 46.2. The van der Waals surface area contributed by atoms with E-state index in [-0.39, 0.29) is 0 Å². The zero-order chi connectivity index (χ0) is 36.1. The van der Waals surface area contributed by atoms with Gasteiger partial charge in [0.1, 0.15) is 0 Å². The van der Waals surface area contributed by atoms with E-state index >= 15 is 0 Å². The van der Waals surface area contributed by atoms with Crippen LogP contribution >= 0.6 is 0 Å². The van der Waals surface area contributed by atoms with Gasteiger partial charge in [-0.3, -0.25) is 0 Å². The van der Waals surface area contributed by atoms with Crippen LogP contribution in [-0.2, 0) is 20.0 Å². The number of rotatable bonds is 4. The fourth-order valence-electron chi connectivity index (χ4n) is 10.6. The van der Waals surface area contributed by atoms with Crippen LogP contribution in [0.4, 0.5) is 0 Å². The number of hydrogen-bond donors (Lipinski definition) is 0. The molecule has 52 heavy (non-hydrogen) atoms. The Labute approximate surface area is 316 Å². The van der Waals surface area contributed by atoms with Crippen molar-refractivity contribution in [1.29, 1.82) is 0 Å². The summed E-state index contributed by atoms with van der Waals surface area (Å²) in [5, 5.41) is 3.58. The van der Waals surface area contributed by atoms with Crippen molar-refractivity contribution in [2.75, 3.05) is 0 Å². The van der Waals surface area contributed by atoms with E-state index in [2.05, 4.69) is 184 Å². The summed E-state index contributed by atoms with van der Waals surface area (Å²) in [5.74, 6) is 0. The van der Waals surface area contributed by atoms with Crippen LogP contribution in [0.5, 0.6) is 0 Å². The van der Waals surface area contributed by atoms with Crippen molar-refractivity contribution in [1.82, 2.24) is 0 Å². The van der Waals surface area contributed by atoms with Crippen molar-refractivity contribution < 1.29 is 20.0 Å². The van der Waals surface area contributed by atoms with E-state index in [9.17, 15) is 0 Å². The maximum atomic E-state index is 2.78. The Bertz CT molecular complexity index is 2310. The van der Waals surface area contributed by atoms with Crippen molar-refractivity contribution in [3.8, 4) is 44.5 Å². The number of benzene rings is 6. The van der Waals surface area contributed by atoms with Crippen molar-refractivity contribution in [3.05, 3.63) is 176 Å². The molecule has 1 saturated heterocycles. The molecule has 0 radical (unpaired) electrons. The van der Waals surface area contributed by atoms with Gasteiger partial charge in [-0.15, -0.1) is 0 Å². The van der Waals surface area contributed by atoms with Crippen LogP contribution in [0.1, 0.15) is 51.9 Å². The molecule has 3 aliphatic rings. The average Bonchev–Trinajstić information content (AvgIpc) is 3.74. The molecule has 2 aliphatic carbocycles. The summed E-state index contributed by atoms with van der Waals surface area (Å²) in [6.07, 6.45) is 5.42. The van der Waals surface area contributed by atoms with E-state index < -0.39 is 28.0 Å². The van der Waals surface area contributed by atoms with Crippen LogP contribution in [0, 0.1) is 27.7 Å². The summed E-state index contributed by atoms with van der Waals surface area (Å²) in [5.41, 5.74) is 22.5. The Morgan fingerprint density at radius 1 is 0.404 bits per heavy atom. The summed E-state index contributed by atoms with van der Waals surface area (Å²) in [6.45, 7) is 14.4. The predicted octanol–water partition coefficient (Wildman–Crippen LogP) is 14.2. The van der Waals surface area contributed by atoms with Gasteiger partial charge in [0.2, 0.25) is 0 Å². The third-order valence-corrected chi connectivity index (χ3v) is 34.0. The molecule has 2 atom stereocenters. The van der Waals surface area contributed by atoms with E-state index in [1.165, 1.54) is 77.9 Å². The normalized spacial score (nSPS) is 18.9. The quantitative estimate of drug-likeness (QED) is 0.155. The number of fused-ring (bicyclic) bond motifs is 6. The Morgan fingerprint density at radius 2 is 0.731 bits per heavy atom. The Balaban J connectivity index is 1.21. The fourth-order valence-corrected chi connectivity index (χ4v) is 42.7. The zero-order valence-corrected chi connectivity index (χ0v) is 36.4. The van der Waals surface area contributed by atoms with Gasteiger partial charge in [-0.05, 0) is 0 Å². The van der Waals surface area contributed by atoms with E-state index in [0.29, 0.717) is 7.35 Å². The molecule has 1 aliphatic heterocycles. The van der Waals surface area contributed by atoms with Gasteiger partial charge in [0.15, 0.2) is 0 Å². The summed E-state index contributed by atoms with van der Waals surface area (Å²) >= 11 is -3.18. The molecule has 0 saturated carbocycles. The first-order valence-electron chi connectivity index (χ1n) is 19.0. The molecular formula is C50H48HfSi. The van der Waals surface area contributed by atoms with Crippen LogP contribution < -0.4 is 0 Å². The summed E-state index contributed by atoms with van der Waals surface area (Å²) in [4.78, 5) is 0. The van der Waals surface area contributed by atoms with E-state index in [0.717, 1.165) is 0 Å². The molecular weight excluding hydrogens is 807 g/mol. The first kappa shape index (κ1) is 33.7. The number of allylic oxidation sites excluding steroid dienone is 2. The molecule has 9 rings (SSSR count). The average molecular weight is 856 g/mol. The van der Waals surface area contributed by atoms with Crippen molar-refractivity contribution in [3.63, 3.8) is 0 Å². The Kier molecular flexibility index (Phi) is 7.92. The third-order valence-electron chi connectivity index (χ3n) is 13.0. The molecule has 2 heteroatoms. The molecule has 256 valence electrons. The van der Waals surface area contributed by atoms with Gasteiger partial charge < -0.3 is 0 Å². The molecule has 6 aromatic carbocycles. The molecule has 0 amide bonds. The second-order valence-corrected chi connectivity index (χ2v) is 38.4. The van der Waals surface area contributed by atoms with Crippen molar-refractivity contribution in [2.45, 2.75) is 57.5 Å². The van der Waals surface area contributed by atoms with Crippen LogP contribution in [0.3, 0.4) is 0 Å². The van der Waals surface area contributed by atoms with E-state index in [4.69, 9.17) is 0 Å². The van der Waals surface area contributed by atoms with Crippen LogP contribution in [0.2, 0.25) is 22.5 Å². The fraction of sp³-hybridized carbons (Fsp3) is 0.200. The first-order valence-corrected chi connectivity index (χ1v) is 33.4. The molecule has 0 bridgehead atoms. The molecule has 0 aromatic heterocycles. The van der Waals surface area contributed by atoms with Gasteiger partial charge in [-0.25, -0.2) is 0 Å². The van der Waals surface area contributed by atoms with Crippen molar-refractivity contribution >= 4 is 20.2 Å². The molecule has 0 spiro atoms. The van der Waals surface area contributed by atoms with E-state index in [1.54, 1.807) is 21.5 Å². The minimum absolute atomic E-state index is 0.607. The zero-order valence-electron chi connectivity index (χ0n) is 31.9. The first-order chi connectivity index (χ1) is 25.0. The second kappa shape index (κ2) is 12.2. The summed E-state index contributed by atoms with van der Waals surface area (Å²) < 4.78 is 6.78. The number of hydrogen-bond acceptors (Lipinski definition) is 0. The SMILES string of the molecule is Cc1cccc(C)c1-c1ccccc1-c1cccc2c1C=C1[CH]2[Hf]([CH3])([CH3])[CH]2C(=Cc3c(-c4ccccc4-c4c(C)cccc4C)cccc32)[Si]1(C)C. The standard InChI is InChI=1S/C48H42Si.2CH3.Hf/c1-31-15-11-16-32(2)47(31)43-23-9-7-21-39(43)41-25-13-19-35-27-37(29-45(35)41)49(5,6)38-28-36-20-14-26-42(46(36)30-38)40-22-8-10-24-44(40)48-33(3)17-12-18-34(48)4;;;/h7-30H,1-6H3;2*1H3;. The molecule has 0 nitrogen and oxygen atoms in total. The third kappa shape index (κ3) is 4.86. The Hall–Kier alpha value is -4.11. The van der Waals surface area contributed by atoms with Gasteiger partial charge >= 0.3 is 318 Å². The monoisotopic (exact) mass is 856 g/mol.